The average Bonchev–Trinajstić information content (AvgIpc) is 1.61. The topological polar surface area (TPSA) is 184 Å². The van der Waals surface area contributed by atoms with Gasteiger partial charge in [0.2, 0.25) is 17.5 Å². The first-order valence-corrected chi connectivity index (χ1v) is 37.4. The van der Waals surface area contributed by atoms with Crippen molar-refractivity contribution in [3.05, 3.63) is 322 Å². The van der Waals surface area contributed by atoms with Crippen molar-refractivity contribution in [1.29, 1.82) is 0 Å². The van der Waals surface area contributed by atoms with Crippen LogP contribution in [0.4, 0.5) is 65.9 Å². The fourth-order valence-corrected chi connectivity index (χ4v) is 15.8. The van der Waals surface area contributed by atoms with Crippen LogP contribution in [-0.4, -0.2) is 87.2 Å². The molecule has 18 nitrogen and oxygen atoms in total. The number of fused-ring (bicyclic) bond motifs is 6. The highest BCUT2D eigenvalue weighted by atomic mass is 19.2. The number of hydrogen-bond donors (Lipinski definition) is 0. The van der Waals surface area contributed by atoms with E-state index < -0.39 is 155 Å². The number of hydrogen-bond acceptors (Lipinski definition) is 12. The Morgan fingerprint density at radius 3 is 0.488 bits per heavy atom. The molecule has 606 valence electrons. The van der Waals surface area contributed by atoms with Crippen LogP contribution in [0, 0.1) is 129 Å². The zero-order valence-electron chi connectivity index (χ0n) is 64.3. The Kier molecular flexibility index (Phi) is 18.5. The van der Waals surface area contributed by atoms with Crippen molar-refractivity contribution in [3.63, 3.8) is 0 Å². The molecule has 0 radical (unpaired) electrons. The summed E-state index contributed by atoms with van der Waals surface area (Å²) in [4.78, 5) is 55.5. The first-order chi connectivity index (χ1) is 59.3. The fourth-order valence-electron chi connectivity index (χ4n) is 15.8. The summed E-state index contributed by atoms with van der Waals surface area (Å²) in [7, 11) is 0. The SMILES string of the molecule is Cc1cccc(C)c1-n1c(-c2cc(-c3nc4cccnc4n3-c3c(C)cccc3C)cc(-c3nc4cccnc4n3-c3c(C)cccc3C)c2)nc2cccnc21.Fc1c(F)c(F)c(-n2c(-c3cc(-c4nc5cccnc5n4-c4c(F)c(F)c(F)c(F)c4F)cc(-c4nc5cccnc5n4-c4c(F)c(F)c(F)c(F)c4F)c3)nc3cccnc32)c(F)c1F. The Morgan fingerprint density at radius 2 is 0.325 bits per heavy atom. The Bertz CT molecular complexity index is 7000. The van der Waals surface area contributed by atoms with Crippen LogP contribution >= 0.6 is 0 Å². The normalized spacial score (nSPS) is 11.8. The summed E-state index contributed by atoms with van der Waals surface area (Å²) in [6, 6.07) is 47.7. The first-order valence-electron chi connectivity index (χ1n) is 37.4. The molecule has 0 aliphatic heterocycles. The van der Waals surface area contributed by atoms with Gasteiger partial charge in [-0.2, -0.15) is 0 Å². The number of pyridine rings is 6. The first kappa shape index (κ1) is 77.3. The highest BCUT2D eigenvalue weighted by molar-refractivity contribution is 5.92. The lowest BCUT2D eigenvalue weighted by molar-refractivity contribution is 0.376. The number of nitrogens with zero attached hydrogens (tertiary/aromatic N) is 18. The van der Waals surface area contributed by atoms with E-state index in [1.54, 1.807) is 0 Å². The molecule has 0 amide bonds. The summed E-state index contributed by atoms with van der Waals surface area (Å²) in [5.41, 5.74) is 8.15. The van der Waals surface area contributed by atoms with Crippen molar-refractivity contribution in [1.82, 2.24) is 87.2 Å². The number of halogens is 15. The molecule has 0 atom stereocenters. The van der Waals surface area contributed by atoms with Crippen molar-refractivity contribution in [2.75, 3.05) is 0 Å². The van der Waals surface area contributed by atoms with Gasteiger partial charge in [-0.15, -0.1) is 0 Å². The molecule has 123 heavy (non-hydrogen) atoms. The van der Waals surface area contributed by atoms with Crippen LogP contribution in [0.3, 0.4) is 0 Å². The van der Waals surface area contributed by atoms with Gasteiger partial charge in [-0.05, 0) is 184 Å². The van der Waals surface area contributed by atoms with E-state index in [-0.39, 0.29) is 16.6 Å². The van der Waals surface area contributed by atoms with Gasteiger partial charge in [-0.25, -0.2) is 126 Å². The predicted molar refractivity (Wildman–Crippen MR) is 428 cm³/mol. The van der Waals surface area contributed by atoms with Crippen molar-refractivity contribution in [2.45, 2.75) is 41.5 Å². The molecule has 20 rings (SSSR count). The van der Waals surface area contributed by atoms with Crippen molar-refractivity contribution < 1.29 is 65.9 Å². The van der Waals surface area contributed by atoms with E-state index in [1.807, 2.05) is 55.0 Å². The maximum atomic E-state index is 15.8. The molecule has 0 unspecified atom stereocenters. The van der Waals surface area contributed by atoms with E-state index >= 15 is 26.3 Å². The standard InChI is InChI=1S/C48H39N9.C42H12F15N9/c1-28-13-7-14-29(2)40(28)55-43(52-37-19-10-22-49-46(37)55)34-25-35(44-53-38-20-11-23-50-47(38)56(44)41-30(3)15-8-16-31(41)4)27-36(26-34)45-54-39-21-12-24-51-48(39)57(45)42-32(5)17-9-18-33(42)6;43-19-22(46)28(52)34(29(53)23(19)47)64-37(61-16-4-1-7-58-40(16)64)13-10-14(38-62-17-5-2-8-59-41(17)65(38)35-30(54)24(48)20(44)25(49)31(35)55)12-15(11-13)39-63-18-6-3-9-60-42(18)66(39)36-32(56)26(50)21(45)27(51)33(36)57/h7-27H,1-6H3;1-12H. The maximum absolute atomic E-state index is 15.8. The van der Waals surface area contributed by atoms with E-state index in [2.05, 4.69) is 158 Å². The highest BCUT2D eigenvalue weighted by Crippen LogP contribution is 2.45. The van der Waals surface area contributed by atoms with Crippen molar-refractivity contribution in [3.8, 4) is 102 Å². The molecule has 0 saturated carbocycles. The minimum atomic E-state index is -2.56. The van der Waals surface area contributed by atoms with Crippen LogP contribution < -0.4 is 0 Å². The molecular formula is C90H51F15N18. The third-order valence-corrected chi connectivity index (χ3v) is 21.1. The van der Waals surface area contributed by atoms with Gasteiger partial charge in [0.25, 0.3) is 0 Å². The lowest BCUT2D eigenvalue weighted by Crippen LogP contribution is -2.12. The van der Waals surface area contributed by atoms with Gasteiger partial charge < -0.3 is 0 Å². The number of benzene rings is 8. The van der Waals surface area contributed by atoms with Crippen LogP contribution in [0.2, 0.25) is 0 Å². The monoisotopic (exact) mass is 1670 g/mol. The molecule has 12 heterocycles. The molecule has 33 heteroatoms. The van der Waals surface area contributed by atoms with Gasteiger partial charge in [0, 0.05) is 70.6 Å². The molecule has 8 aromatic carbocycles. The summed E-state index contributed by atoms with van der Waals surface area (Å²) in [6.45, 7) is 12.8. The fraction of sp³-hybridized carbons (Fsp3) is 0.0667. The van der Waals surface area contributed by atoms with E-state index in [0.29, 0.717) is 13.7 Å². The largest absolute Gasteiger partial charge is 0.276 e. The third kappa shape index (κ3) is 12.2. The average molecular weight is 1670 g/mol. The van der Waals surface area contributed by atoms with Crippen LogP contribution in [0.15, 0.2) is 201 Å². The lowest BCUT2D eigenvalue weighted by atomic mass is 10.0. The van der Waals surface area contributed by atoms with Crippen molar-refractivity contribution >= 4 is 67.0 Å². The molecule has 0 saturated heterocycles. The number of rotatable bonds is 12. The van der Waals surface area contributed by atoms with E-state index in [1.165, 1.54) is 36.4 Å². The van der Waals surface area contributed by atoms with Gasteiger partial charge in [-0.1, -0.05) is 54.6 Å². The Labute approximate surface area is 682 Å². The molecule has 0 aliphatic rings. The molecule has 20 aromatic rings. The number of aromatic nitrogens is 18. The Hall–Kier alpha value is -15.6. The molecular weight excluding hydrogens is 1620 g/mol. The molecule has 0 fully saturated rings. The summed E-state index contributed by atoms with van der Waals surface area (Å²) in [5, 5.41) is 0. The summed E-state index contributed by atoms with van der Waals surface area (Å²) >= 11 is 0. The predicted octanol–water partition coefficient (Wildman–Crippen LogP) is 21.7. The van der Waals surface area contributed by atoms with E-state index in [4.69, 9.17) is 29.9 Å². The molecule has 0 N–H and O–H groups in total. The van der Waals surface area contributed by atoms with Gasteiger partial charge in [0.05, 0.1) is 17.1 Å². The van der Waals surface area contributed by atoms with Gasteiger partial charge in [0.1, 0.15) is 85.1 Å². The van der Waals surface area contributed by atoms with Gasteiger partial charge in [-0.3, -0.25) is 27.4 Å². The Morgan fingerprint density at radius 1 is 0.179 bits per heavy atom. The number of aryl methyl sites for hydroxylation is 6. The maximum Gasteiger partial charge on any atom is 0.200 e. The second kappa shape index (κ2) is 29.4. The Balaban J connectivity index is 0.000000163. The molecule has 0 aliphatic carbocycles. The second-order valence-electron chi connectivity index (χ2n) is 28.8. The van der Waals surface area contributed by atoms with Crippen molar-refractivity contribution in [2.24, 2.45) is 0 Å². The minimum Gasteiger partial charge on any atom is -0.276 e. The smallest absolute Gasteiger partial charge is 0.200 e. The summed E-state index contributed by atoms with van der Waals surface area (Å²) < 4.78 is 235. The molecule has 12 aromatic heterocycles. The van der Waals surface area contributed by atoms with Gasteiger partial charge >= 0.3 is 0 Å². The van der Waals surface area contributed by atoms with Crippen LogP contribution in [0.5, 0.6) is 0 Å². The zero-order valence-corrected chi connectivity index (χ0v) is 64.3. The second-order valence-corrected chi connectivity index (χ2v) is 28.8. The minimum absolute atomic E-state index is 0.293. The lowest BCUT2D eigenvalue weighted by Gasteiger charge is -2.18. The summed E-state index contributed by atoms with van der Waals surface area (Å²) in [6.07, 6.45) is 8.61. The number of para-hydroxylation sites is 3. The van der Waals surface area contributed by atoms with Crippen LogP contribution in [-0.2, 0) is 0 Å². The third-order valence-electron chi connectivity index (χ3n) is 21.1. The highest BCUT2D eigenvalue weighted by Gasteiger charge is 2.37. The molecule has 0 spiro atoms. The molecule has 0 bridgehead atoms. The van der Waals surface area contributed by atoms with E-state index in [0.717, 1.165) is 155 Å². The van der Waals surface area contributed by atoms with Crippen LogP contribution in [0.25, 0.3) is 169 Å². The number of imidazole rings is 6. The zero-order chi connectivity index (χ0) is 85.7. The van der Waals surface area contributed by atoms with Crippen LogP contribution in [0.1, 0.15) is 33.4 Å². The van der Waals surface area contributed by atoms with E-state index in [9.17, 15) is 39.5 Å². The summed E-state index contributed by atoms with van der Waals surface area (Å²) in [5.74, 6) is -36.7. The van der Waals surface area contributed by atoms with Gasteiger partial charge in [0.15, 0.2) is 104 Å². The quantitative estimate of drug-likeness (QED) is 0.0641.